The number of carbonyl (C=O) groups excluding carboxylic acids is 1. The first kappa shape index (κ1) is 23.7. The Morgan fingerprint density at radius 3 is 2.18 bits per heavy atom. The van der Waals surface area contributed by atoms with E-state index in [0.29, 0.717) is 5.56 Å². The molecular weight excluding hydrogens is 469 g/mol. The largest absolute Gasteiger partial charge is 0.497 e. The Balaban J connectivity index is 0.00000392. The summed E-state index contributed by atoms with van der Waals surface area (Å²) >= 11 is 0. The van der Waals surface area contributed by atoms with Crippen molar-refractivity contribution in [3.63, 3.8) is 0 Å². The second kappa shape index (κ2) is 12.2. The van der Waals surface area contributed by atoms with Crippen LogP contribution in [-0.4, -0.2) is 51.7 Å². The number of nitrogens with one attached hydrogen (secondary N) is 1. The van der Waals surface area contributed by atoms with Crippen LogP contribution >= 0.6 is 24.0 Å². The molecule has 0 heterocycles. The number of esters is 1. The molecule has 2 aromatic carbocycles. The number of benzene rings is 2. The van der Waals surface area contributed by atoms with Crippen molar-refractivity contribution in [2.45, 2.75) is 13.0 Å². The van der Waals surface area contributed by atoms with Crippen LogP contribution in [0.25, 0.3) is 0 Å². The van der Waals surface area contributed by atoms with E-state index in [1.165, 1.54) is 12.7 Å². The van der Waals surface area contributed by atoms with Gasteiger partial charge in [-0.2, -0.15) is 0 Å². The molecule has 152 valence electrons. The summed E-state index contributed by atoms with van der Waals surface area (Å²) in [6, 6.07) is 15.5. The minimum atomic E-state index is -0.319. The summed E-state index contributed by atoms with van der Waals surface area (Å²) in [5, 5.41) is 3.37. The normalized spacial score (nSPS) is 10.6. The van der Waals surface area contributed by atoms with Gasteiger partial charge in [-0.3, -0.25) is 4.99 Å². The number of methoxy groups -OCH3 is 2. The highest BCUT2D eigenvalue weighted by atomic mass is 127. The van der Waals surface area contributed by atoms with Gasteiger partial charge in [-0.1, -0.05) is 24.3 Å². The van der Waals surface area contributed by atoms with Crippen LogP contribution in [-0.2, 0) is 17.7 Å². The van der Waals surface area contributed by atoms with E-state index in [1.54, 1.807) is 26.3 Å². The van der Waals surface area contributed by atoms with Gasteiger partial charge in [0.1, 0.15) is 5.75 Å². The Kier molecular flexibility index (Phi) is 10.4. The fraction of sp³-hybridized carbons (Fsp3) is 0.333. The average Bonchev–Trinajstić information content (AvgIpc) is 2.71. The van der Waals surface area contributed by atoms with Crippen LogP contribution in [0.4, 0.5) is 0 Å². The number of ether oxygens (including phenoxy) is 2. The standard InChI is InChI=1S/C21H27N3O3.HI/c1-22-21(24(2)15-17-7-11-19(26-3)12-8-17)23-14-13-16-5-9-18(10-6-16)20(25)27-4;/h5-12H,13-15H2,1-4H3,(H,22,23);1H. The highest BCUT2D eigenvalue weighted by Gasteiger charge is 2.07. The van der Waals surface area contributed by atoms with Crippen LogP contribution in [0.1, 0.15) is 21.5 Å². The average molecular weight is 497 g/mol. The second-order valence-corrected chi connectivity index (χ2v) is 6.12. The van der Waals surface area contributed by atoms with Crippen molar-refractivity contribution in [2.24, 2.45) is 4.99 Å². The van der Waals surface area contributed by atoms with E-state index in [4.69, 9.17) is 9.47 Å². The third-order valence-electron chi connectivity index (χ3n) is 4.22. The summed E-state index contributed by atoms with van der Waals surface area (Å²) in [6.07, 6.45) is 0.830. The summed E-state index contributed by atoms with van der Waals surface area (Å²) in [5.74, 6) is 1.36. The molecule has 0 atom stereocenters. The number of carbonyl (C=O) groups is 1. The molecule has 1 N–H and O–H groups in total. The lowest BCUT2D eigenvalue weighted by molar-refractivity contribution is 0.0600. The molecule has 0 aliphatic heterocycles. The molecule has 2 aromatic rings. The van der Waals surface area contributed by atoms with Crippen LogP contribution < -0.4 is 10.1 Å². The number of aliphatic imine (C=N–C) groups is 1. The zero-order chi connectivity index (χ0) is 19.6. The highest BCUT2D eigenvalue weighted by Crippen LogP contribution is 2.12. The van der Waals surface area contributed by atoms with Crippen molar-refractivity contribution in [1.82, 2.24) is 10.2 Å². The van der Waals surface area contributed by atoms with E-state index in [2.05, 4.69) is 15.2 Å². The molecule has 0 fully saturated rings. The summed E-state index contributed by atoms with van der Waals surface area (Å²) < 4.78 is 9.90. The summed E-state index contributed by atoms with van der Waals surface area (Å²) in [6.45, 7) is 1.49. The van der Waals surface area contributed by atoms with Crippen molar-refractivity contribution < 1.29 is 14.3 Å². The highest BCUT2D eigenvalue weighted by molar-refractivity contribution is 14.0. The molecule has 0 aromatic heterocycles. The minimum absolute atomic E-state index is 0. The molecule has 0 spiro atoms. The Labute approximate surface area is 184 Å². The van der Waals surface area contributed by atoms with Crippen LogP contribution in [0.3, 0.4) is 0 Å². The predicted molar refractivity (Wildman–Crippen MR) is 123 cm³/mol. The van der Waals surface area contributed by atoms with Gasteiger partial charge in [-0.25, -0.2) is 4.79 Å². The lowest BCUT2D eigenvalue weighted by Crippen LogP contribution is -2.39. The third-order valence-corrected chi connectivity index (χ3v) is 4.22. The zero-order valence-electron chi connectivity index (χ0n) is 16.8. The molecule has 28 heavy (non-hydrogen) atoms. The Morgan fingerprint density at radius 1 is 1.04 bits per heavy atom. The van der Waals surface area contributed by atoms with Crippen LogP contribution in [0.15, 0.2) is 53.5 Å². The smallest absolute Gasteiger partial charge is 0.337 e. The maximum atomic E-state index is 11.5. The lowest BCUT2D eigenvalue weighted by Gasteiger charge is -2.22. The van der Waals surface area contributed by atoms with E-state index in [1.807, 2.05) is 43.4 Å². The molecule has 7 heteroatoms. The molecule has 0 unspecified atom stereocenters. The first-order valence-corrected chi connectivity index (χ1v) is 8.79. The van der Waals surface area contributed by atoms with Gasteiger partial charge in [-0.05, 0) is 41.8 Å². The van der Waals surface area contributed by atoms with E-state index in [-0.39, 0.29) is 29.9 Å². The van der Waals surface area contributed by atoms with Crippen molar-refractivity contribution in [3.8, 4) is 5.75 Å². The van der Waals surface area contributed by atoms with Gasteiger partial charge >= 0.3 is 5.97 Å². The monoisotopic (exact) mass is 497 g/mol. The first-order chi connectivity index (χ1) is 13.1. The first-order valence-electron chi connectivity index (χ1n) is 8.79. The maximum Gasteiger partial charge on any atom is 0.337 e. The molecule has 0 radical (unpaired) electrons. The summed E-state index contributed by atoms with van der Waals surface area (Å²) in [5.41, 5.74) is 2.88. The van der Waals surface area contributed by atoms with E-state index in [9.17, 15) is 4.79 Å². The quantitative estimate of drug-likeness (QED) is 0.275. The number of halogens is 1. The van der Waals surface area contributed by atoms with Gasteiger partial charge in [0.25, 0.3) is 0 Å². The SMILES string of the molecule is CN=C(NCCc1ccc(C(=O)OC)cc1)N(C)Cc1ccc(OC)cc1.I. The van der Waals surface area contributed by atoms with Crippen molar-refractivity contribution in [3.05, 3.63) is 65.2 Å². The number of nitrogens with zero attached hydrogens (tertiary/aromatic N) is 2. The summed E-state index contributed by atoms with van der Waals surface area (Å²) in [4.78, 5) is 17.9. The Hall–Kier alpha value is -2.29. The molecular formula is C21H28IN3O3. The molecule has 2 rings (SSSR count). The van der Waals surface area contributed by atoms with E-state index in [0.717, 1.165) is 36.8 Å². The molecule has 0 saturated heterocycles. The molecule has 0 saturated carbocycles. The van der Waals surface area contributed by atoms with Gasteiger partial charge in [0.15, 0.2) is 5.96 Å². The van der Waals surface area contributed by atoms with Gasteiger partial charge in [0.05, 0.1) is 19.8 Å². The zero-order valence-corrected chi connectivity index (χ0v) is 19.1. The lowest BCUT2D eigenvalue weighted by atomic mass is 10.1. The Bertz CT molecular complexity index is 761. The fourth-order valence-corrected chi connectivity index (χ4v) is 2.71. The van der Waals surface area contributed by atoms with Gasteiger partial charge < -0.3 is 19.7 Å². The van der Waals surface area contributed by atoms with Crippen LogP contribution in [0.2, 0.25) is 0 Å². The van der Waals surface area contributed by atoms with E-state index < -0.39 is 0 Å². The van der Waals surface area contributed by atoms with Gasteiger partial charge in [0, 0.05) is 27.2 Å². The second-order valence-electron chi connectivity index (χ2n) is 6.12. The Morgan fingerprint density at radius 2 is 1.64 bits per heavy atom. The van der Waals surface area contributed by atoms with Gasteiger partial charge in [-0.15, -0.1) is 24.0 Å². The molecule has 0 amide bonds. The van der Waals surface area contributed by atoms with Crippen LogP contribution in [0, 0.1) is 0 Å². The number of hydrogen-bond donors (Lipinski definition) is 1. The molecule has 6 nitrogen and oxygen atoms in total. The van der Waals surface area contributed by atoms with E-state index >= 15 is 0 Å². The topological polar surface area (TPSA) is 63.2 Å². The predicted octanol–water partition coefficient (Wildman–Crippen LogP) is 3.35. The van der Waals surface area contributed by atoms with Crippen molar-refractivity contribution in [1.29, 1.82) is 0 Å². The third kappa shape index (κ3) is 7.03. The maximum absolute atomic E-state index is 11.5. The minimum Gasteiger partial charge on any atom is -0.497 e. The van der Waals surface area contributed by atoms with Crippen molar-refractivity contribution >= 4 is 35.9 Å². The van der Waals surface area contributed by atoms with Crippen molar-refractivity contribution in [2.75, 3.05) is 34.9 Å². The molecule has 0 bridgehead atoms. The van der Waals surface area contributed by atoms with Gasteiger partial charge in [0.2, 0.25) is 0 Å². The molecule has 0 aliphatic carbocycles. The fourth-order valence-electron chi connectivity index (χ4n) is 2.71. The number of rotatable bonds is 7. The summed E-state index contributed by atoms with van der Waals surface area (Å²) in [7, 11) is 6.83. The van der Waals surface area contributed by atoms with Crippen LogP contribution in [0.5, 0.6) is 5.75 Å². The number of guanidine groups is 1. The molecule has 0 aliphatic rings. The number of hydrogen-bond acceptors (Lipinski definition) is 4.